The number of hydrogen-bond acceptors (Lipinski definition) is 3. The molecule has 0 aliphatic heterocycles. The van der Waals surface area contributed by atoms with Crippen molar-refractivity contribution < 1.29 is 9.90 Å². The Morgan fingerprint density at radius 1 is 1.50 bits per heavy atom. The Morgan fingerprint density at radius 2 is 2.12 bits per heavy atom. The van der Waals surface area contributed by atoms with Gasteiger partial charge in [0.25, 0.3) is 0 Å². The van der Waals surface area contributed by atoms with Gasteiger partial charge in [-0.3, -0.25) is 0 Å². The lowest BCUT2D eigenvalue weighted by Crippen LogP contribution is -2.26. The maximum absolute atomic E-state index is 10.8. The summed E-state index contributed by atoms with van der Waals surface area (Å²) in [4.78, 5) is 12.7. The van der Waals surface area contributed by atoms with Crippen molar-refractivity contribution in [1.82, 2.24) is 0 Å². The molecule has 0 aliphatic rings. The normalized spacial score (nSPS) is 9.94. The predicted octanol–water partition coefficient (Wildman–Crippen LogP) is 2.10. The number of carboxylic acid groups (broad SMARTS) is 1. The second kappa shape index (κ2) is 4.67. The highest BCUT2D eigenvalue weighted by Gasteiger charge is 2.12. The number of anilines is 1. The summed E-state index contributed by atoms with van der Waals surface area (Å²) in [5.74, 6) is -1.02. The van der Waals surface area contributed by atoms with Crippen LogP contribution in [0.1, 0.15) is 29.8 Å². The molecule has 0 saturated heterocycles. The van der Waals surface area contributed by atoms with Crippen LogP contribution in [0.25, 0.3) is 0 Å². The molecule has 4 heteroatoms. The van der Waals surface area contributed by atoms with Crippen LogP contribution in [-0.4, -0.2) is 24.2 Å². The summed E-state index contributed by atoms with van der Waals surface area (Å²) < 4.78 is 0. The van der Waals surface area contributed by atoms with E-state index in [0.717, 1.165) is 5.69 Å². The maximum atomic E-state index is 10.8. The molecular weight excluding hydrogens is 204 g/mol. The van der Waals surface area contributed by atoms with Crippen molar-refractivity contribution in [3.63, 3.8) is 0 Å². The minimum Gasteiger partial charge on any atom is -0.478 e. The van der Waals surface area contributed by atoms with E-state index in [4.69, 9.17) is 10.4 Å². The van der Waals surface area contributed by atoms with Gasteiger partial charge in [0.15, 0.2) is 0 Å². The highest BCUT2D eigenvalue weighted by molar-refractivity contribution is 5.89. The quantitative estimate of drug-likeness (QED) is 0.843. The summed E-state index contributed by atoms with van der Waals surface area (Å²) in [6, 6.07) is 6.85. The van der Waals surface area contributed by atoms with E-state index < -0.39 is 5.97 Å². The maximum Gasteiger partial charge on any atom is 0.335 e. The van der Waals surface area contributed by atoms with Gasteiger partial charge in [-0.2, -0.15) is 5.26 Å². The molecule has 0 saturated carbocycles. The van der Waals surface area contributed by atoms with Crippen LogP contribution in [0.2, 0.25) is 0 Å². The molecular formula is C12H14N2O2. The lowest BCUT2D eigenvalue weighted by molar-refractivity contribution is 0.0697. The van der Waals surface area contributed by atoms with Gasteiger partial charge in [0.2, 0.25) is 0 Å². The third-order valence-electron chi connectivity index (χ3n) is 2.52. The van der Waals surface area contributed by atoms with Crippen molar-refractivity contribution >= 4 is 11.7 Å². The summed E-state index contributed by atoms with van der Waals surface area (Å²) in [6.45, 7) is 4.01. The first-order valence-corrected chi connectivity index (χ1v) is 4.97. The van der Waals surface area contributed by atoms with Gasteiger partial charge in [-0.05, 0) is 32.0 Å². The van der Waals surface area contributed by atoms with Crippen LogP contribution >= 0.6 is 0 Å². The van der Waals surface area contributed by atoms with E-state index in [0.29, 0.717) is 5.56 Å². The van der Waals surface area contributed by atoms with Gasteiger partial charge in [0, 0.05) is 13.1 Å². The average Bonchev–Trinajstić information content (AvgIpc) is 2.26. The van der Waals surface area contributed by atoms with Gasteiger partial charge in [0.05, 0.1) is 16.8 Å². The van der Waals surface area contributed by atoms with Crippen LogP contribution in [0.4, 0.5) is 5.69 Å². The van der Waals surface area contributed by atoms with Crippen molar-refractivity contribution in [3.8, 4) is 6.07 Å². The van der Waals surface area contributed by atoms with Crippen LogP contribution < -0.4 is 4.90 Å². The summed E-state index contributed by atoms with van der Waals surface area (Å²) in [5.41, 5.74) is 1.27. The van der Waals surface area contributed by atoms with Crippen LogP contribution in [0, 0.1) is 11.3 Å². The zero-order chi connectivity index (χ0) is 12.3. The minimum atomic E-state index is -1.02. The minimum absolute atomic E-state index is 0.137. The van der Waals surface area contributed by atoms with Crippen LogP contribution in [0.15, 0.2) is 18.2 Å². The fourth-order valence-corrected chi connectivity index (χ4v) is 1.34. The molecule has 0 aromatic heterocycles. The van der Waals surface area contributed by atoms with E-state index in [1.54, 1.807) is 6.07 Å². The van der Waals surface area contributed by atoms with E-state index in [1.165, 1.54) is 12.1 Å². The standard InChI is InChI=1S/C12H14N2O2/c1-8(2)14(3)11-5-4-9(12(15)16)6-10(11)7-13/h4-6,8H,1-3H3,(H,15,16). The summed E-state index contributed by atoms with van der Waals surface area (Å²) in [6.07, 6.45) is 0. The van der Waals surface area contributed by atoms with Crippen molar-refractivity contribution in [2.45, 2.75) is 19.9 Å². The van der Waals surface area contributed by atoms with E-state index in [1.807, 2.05) is 31.9 Å². The largest absolute Gasteiger partial charge is 0.478 e. The number of benzene rings is 1. The Hall–Kier alpha value is -2.02. The van der Waals surface area contributed by atoms with E-state index >= 15 is 0 Å². The van der Waals surface area contributed by atoms with Crippen molar-refractivity contribution in [2.75, 3.05) is 11.9 Å². The molecule has 0 amide bonds. The van der Waals surface area contributed by atoms with Gasteiger partial charge < -0.3 is 10.0 Å². The molecule has 0 unspecified atom stereocenters. The zero-order valence-electron chi connectivity index (χ0n) is 9.56. The third kappa shape index (κ3) is 2.31. The van der Waals surface area contributed by atoms with E-state index in [2.05, 4.69) is 0 Å². The first kappa shape index (κ1) is 12.1. The lowest BCUT2D eigenvalue weighted by atomic mass is 10.1. The molecule has 16 heavy (non-hydrogen) atoms. The number of hydrogen-bond donors (Lipinski definition) is 1. The molecule has 1 aromatic carbocycles. The molecule has 0 atom stereocenters. The number of nitriles is 1. The van der Waals surface area contributed by atoms with Gasteiger partial charge in [-0.1, -0.05) is 0 Å². The third-order valence-corrected chi connectivity index (χ3v) is 2.52. The molecule has 0 heterocycles. The fourth-order valence-electron chi connectivity index (χ4n) is 1.34. The zero-order valence-corrected chi connectivity index (χ0v) is 9.56. The molecule has 0 radical (unpaired) electrons. The van der Waals surface area contributed by atoms with Crippen molar-refractivity contribution in [1.29, 1.82) is 5.26 Å². The SMILES string of the molecule is CC(C)N(C)c1ccc(C(=O)O)cc1C#N. The van der Waals surface area contributed by atoms with E-state index in [-0.39, 0.29) is 11.6 Å². The number of carbonyl (C=O) groups is 1. The Bertz CT molecular complexity index is 447. The molecule has 1 N–H and O–H groups in total. The summed E-state index contributed by atoms with van der Waals surface area (Å²) >= 11 is 0. The number of rotatable bonds is 3. The molecule has 1 aromatic rings. The monoisotopic (exact) mass is 218 g/mol. The second-order valence-electron chi connectivity index (χ2n) is 3.85. The smallest absolute Gasteiger partial charge is 0.335 e. The van der Waals surface area contributed by atoms with Gasteiger partial charge in [-0.25, -0.2) is 4.79 Å². The molecule has 0 spiro atoms. The summed E-state index contributed by atoms with van der Waals surface area (Å²) in [5, 5.41) is 17.8. The van der Waals surface area contributed by atoms with E-state index in [9.17, 15) is 4.79 Å². The van der Waals surface area contributed by atoms with Gasteiger partial charge in [0.1, 0.15) is 6.07 Å². The Morgan fingerprint density at radius 3 is 2.56 bits per heavy atom. The Balaban J connectivity index is 3.23. The molecule has 0 aliphatic carbocycles. The molecule has 0 fully saturated rings. The predicted molar refractivity (Wildman–Crippen MR) is 61.7 cm³/mol. The summed E-state index contributed by atoms with van der Waals surface area (Å²) in [7, 11) is 1.88. The molecule has 0 bridgehead atoms. The lowest BCUT2D eigenvalue weighted by Gasteiger charge is -2.24. The highest BCUT2D eigenvalue weighted by Crippen LogP contribution is 2.22. The Labute approximate surface area is 94.7 Å². The van der Waals surface area contributed by atoms with Crippen LogP contribution in [0.5, 0.6) is 0 Å². The highest BCUT2D eigenvalue weighted by atomic mass is 16.4. The molecule has 84 valence electrons. The number of nitrogens with zero attached hydrogens (tertiary/aromatic N) is 2. The number of aromatic carboxylic acids is 1. The molecule has 4 nitrogen and oxygen atoms in total. The van der Waals surface area contributed by atoms with Gasteiger partial charge >= 0.3 is 5.97 Å². The first-order chi connectivity index (χ1) is 7.47. The Kier molecular flexibility index (Phi) is 3.51. The topological polar surface area (TPSA) is 64.3 Å². The fraction of sp³-hybridized carbons (Fsp3) is 0.333. The van der Waals surface area contributed by atoms with Crippen molar-refractivity contribution in [2.24, 2.45) is 0 Å². The second-order valence-corrected chi connectivity index (χ2v) is 3.85. The first-order valence-electron chi connectivity index (χ1n) is 4.97. The average molecular weight is 218 g/mol. The number of carboxylic acids is 1. The molecule has 1 rings (SSSR count). The van der Waals surface area contributed by atoms with Crippen LogP contribution in [-0.2, 0) is 0 Å². The van der Waals surface area contributed by atoms with Gasteiger partial charge in [-0.15, -0.1) is 0 Å². The van der Waals surface area contributed by atoms with Crippen molar-refractivity contribution in [3.05, 3.63) is 29.3 Å². The van der Waals surface area contributed by atoms with Crippen LogP contribution in [0.3, 0.4) is 0 Å².